The van der Waals surface area contributed by atoms with Crippen LogP contribution in [0.5, 0.6) is 0 Å². The molecule has 0 aliphatic rings. The van der Waals surface area contributed by atoms with Gasteiger partial charge in [0, 0.05) is 19.3 Å². The van der Waals surface area contributed by atoms with Gasteiger partial charge >= 0.3 is 0 Å². The van der Waals surface area contributed by atoms with E-state index in [4.69, 9.17) is 9.15 Å². The van der Waals surface area contributed by atoms with Crippen LogP contribution in [0.4, 0.5) is 0 Å². The second-order valence-electron chi connectivity index (χ2n) is 4.47. The maximum atomic E-state index is 5.43. The van der Waals surface area contributed by atoms with Crippen molar-refractivity contribution in [1.29, 1.82) is 0 Å². The minimum Gasteiger partial charge on any atom is -0.468 e. The summed E-state index contributed by atoms with van der Waals surface area (Å²) < 4.78 is 13.5. The van der Waals surface area contributed by atoms with Crippen LogP contribution in [-0.4, -0.2) is 29.5 Å². The number of hydrogen-bond donors (Lipinski definition) is 1. The van der Waals surface area contributed by atoms with Gasteiger partial charge in [0.2, 0.25) is 0 Å². The predicted octanol–water partition coefficient (Wildman–Crippen LogP) is 2.60. The lowest BCUT2D eigenvalue weighted by Gasteiger charge is -2.21. The van der Waals surface area contributed by atoms with Gasteiger partial charge < -0.3 is 14.5 Å². The van der Waals surface area contributed by atoms with Crippen LogP contribution in [0, 0.1) is 0 Å². The molecule has 2 atom stereocenters. The van der Waals surface area contributed by atoms with Gasteiger partial charge in [-0.25, -0.2) is 0 Å². The smallest absolute Gasteiger partial charge is 0.123 e. The molecule has 0 saturated heterocycles. The predicted molar refractivity (Wildman–Crippen MR) is 75.8 cm³/mol. The molecule has 2 aromatic heterocycles. The fourth-order valence-electron chi connectivity index (χ4n) is 1.98. The highest BCUT2D eigenvalue weighted by atomic mass is 79.9. The summed E-state index contributed by atoms with van der Waals surface area (Å²) in [6.07, 6.45) is 5.41. The number of furan rings is 1. The molecule has 0 aromatic carbocycles. The molecule has 2 rings (SSSR count). The van der Waals surface area contributed by atoms with E-state index in [0.29, 0.717) is 6.61 Å². The van der Waals surface area contributed by atoms with Crippen LogP contribution >= 0.6 is 15.9 Å². The number of halogens is 1. The first-order valence-electron chi connectivity index (χ1n) is 6.15. The molecule has 0 fully saturated rings. The maximum absolute atomic E-state index is 5.43. The summed E-state index contributed by atoms with van der Waals surface area (Å²) >= 11 is 3.39. The monoisotopic (exact) mass is 327 g/mol. The Kier molecular flexibility index (Phi) is 5.18. The topological polar surface area (TPSA) is 52.2 Å². The Balaban J connectivity index is 1.93. The molecule has 104 valence electrons. The lowest BCUT2D eigenvalue weighted by molar-refractivity contribution is 0.150. The highest BCUT2D eigenvalue weighted by Crippen LogP contribution is 2.15. The molecule has 2 aromatic rings. The first-order valence-corrected chi connectivity index (χ1v) is 6.94. The van der Waals surface area contributed by atoms with Gasteiger partial charge in [0.15, 0.2) is 0 Å². The molecule has 0 aliphatic carbocycles. The number of nitrogens with one attached hydrogen (secondary N) is 1. The van der Waals surface area contributed by atoms with Crippen LogP contribution in [0.1, 0.15) is 18.7 Å². The molecule has 0 bridgehead atoms. The van der Waals surface area contributed by atoms with Crippen molar-refractivity contribution in [2.45, 2.75) is 25.6 Å². The van der Waals surface area contributed by atoms with E-state index >= 15 is 0 Å². The van der Waals surface area contributed by atoms with Gasteiger partial charge in [-0.3, -0.25) is 4.68 Å². The summed E-state index contributed by atoms with van der Waals surface area (Å²) in [5.41, 5.74) is 0. The Hall–Kier alpha value is -1.11. The summed E-state index contributed by atoms with van der Waals surface area (Å²) in [4.78, 5) is 0. The quantitative estimate of drug-likeness (QED) is 0.849. The molecular formula is C13H18BrN3O2. The zero-order valence-electron chi connectivity index (χ0n) is 11.0. The molecule has 2 heterocycles. The number of hydrogen-bond acceptors (Lipinski definition) is 4. The van der Waals surface area contributed by atoms with Crippen molar-refractivity contribution >= 4 is 15.9 Å². The van der Waals surface area contributed by atoms with Crippen LogP contribution in [0.2, 0.25) is 0 Å². The Morgan fingerprint density at radius 1 is 1.58 bits per heavy atom. The van der Waals surface area contributed by atoms with Gasteiger partial charge in [0.1, 0.15) is 5.76 Å². The second-order valence-corrected chi connectivity index (χ2v) is 5.39. The van der Waals surface area contributed by atoms with Crippen LogP contribution in [0.3, 0.4) is 0 Å². The van der Waals surface area contributed by atoms with E-state index in [2.05, 4.69) is 33.3 Å². The van der Waals surface area contributed by atoms with Crippen LogP contribution in [0.25, 0.3) is 0 Å². The number of nitrogens with zero attached hydrogens (tertiary/aromatic N) is 2. The molecule has 0 unspecified atom stereocenters. The second kappa shape index (κ2) is 6.88. The van der Waals surface area contributed by atoms with Gasteiger partial charge in [-0.05, 0) is 35.0 Å². The molecule has 1 N–H and O–H groups in total. The molecule has 0 radical (unpaired) electrons. The Bertz CT molecular complexity index is 484. The zero-order valence-corrected chi connectivity index (χ0v) is 12.6. The van der Waals surface area contributed by atoms with E-state index in [-0.39, 0.29) is 12.1 Å². The summed E-state index contributed by atoms with van der Waals surface area (Å²) in [6, 6.07) is 4.13. The van der Waals surface area contributed by atoms with E-state index in [1.54, 1.807) is 19.6 Å². The summed E-state index contributed by atoms with van der Waals surface area (Å²) in [5, 5.41) is 7.73. The fourth-order valence-corrected chi connectivity index (χ4v) is 2.31. The largest absolute Gasteiger partial charge is 0.468 e. The maximum Gasteiger partial charge on any atom is 0.123 e. The molecule has 6 heteroatoms. The molecule has 0 amide bonds. The van der Waals surface area contributed by atoms with Crippen molar-refractivity contribution in [3.8, 4) is 0 Å². The van der Waals surface area contributed by atoms with Gasteiger partial charge in [0.25, 0.3) is 0 Å². The Labute approximate surface area is 121 Å². The van der Waals surface area contributed by atoms with Crippen molar-refractivity contribution in [2.75, 3.05) is 13.7 Å². The molecule has 5 nitrogen and oxygen atoms in total. The van der Waals surface area contributed by atoms with Gasteiger partial charge in [-0.1, -0.05) is 0 Å². The SMILES string of the molecule is COC[C@H](N[C@@H](C)Cn1cc(Br)cn1)c1ccco1. The number of aromatic nitrogens is 2. The average Bonchev–Trinajstić information content (AvgIpc) is 3.00. The van der Waals surface area contributed by atoms with E-state index in [0.717, 1.165) is 16.8 Å². The van der Waals surface area contributed by atoms with E-state index in [9.17, 15) is 0 Å². The van der Waals surface area contributed by atoms with E-state index in [1.807, 2.05) is 23.0 Å². The standard InChI is InChI=1S/C13H18BrN3O2/c1-10(7-17-8-11(14)6-15-17)16-12(9-18-2)13-4-3-5-19-13/h3-6,8,10,12,16H,7,9H2,1-2H3/t10-,12-/m0/s1. The number of rotatable bonds is 7. The summed E-state index contributed by atoms with van der Waals surface area (Å²) in [5.74, 6) is 0.885. The van der Waals surface area contributed by atoms with Crippen LogP contribution in [-0.2, 0) is 11.3 Å². The molecular weight excluding hydrogens is 310 g/mol. The first kappa shape index (κ1) is 14.3. The van der Waals surface area contributed by atoms with Crippen molar-refractivity contribution in [1.82, 2.24) is 15.1 Å². The molecule has 19 heavy (non-hydrogen) atoms. The average molecular weight is 328 g/mol. The Morgan fingerprint density at radius 3 is 3.00 bits per heavy atom. The van der Waals surface area contributed by atoms with Crippen molar-refractivity contribution in [3.05, 3.63) is 41.0 Å². The highest BCUT2D eigenvalue weighted by molar-refractivity contribution is 9.10. The van der Waals surface area contributed by atoms with Crippen LogP contribution < -0.4 is 5.32 Å². The van der Waals surface area contributed by atoms with Crippen molar-refractivity contribution < 1.29 is 9.15 Å². The van der Waals surface area contributed by atoms with Crippen molar-refractivity contribution in [3.63, 3.8) is 0 Å². The Morgan fingerprint density at radius 2 is 2.42 bits per heavy atom. The first-order chi connectivity index (χ1) is 9.19. The molecule has 0 aliphatic heterocycles. The number of methoxy groups -OCH3 is 1. The lowest BCUT2D eigenvalue weighted by Crippen LogP contribution is -2.35. The lowest BCUT2D eigenvalue weighted by atomic mass is 10.2. The van der Waals surface area contributed by atoms with E-state index < -0.39 is 0 Å². The third-order valence-electron chi connectivity index (χ3n) is 2.77. The zero-order chi connectivity index (χ0) is 13.7. The highest BCUT2D eigenvalue weighted by Gasteiger charge is 2.17. The third kappa shape index (κ3) is 4.19. The fraction of sp³-hybridized carbons (Fsp3) is 0.462. The molecule has 0 spiro atoms. The summed E-state index contributed by atoms with van der Waals surface area (Å²) in [7, 11) is 1.69. The normalized spacial score (nSPS) is 14.5. The minimum absolute atomic E-state index is 0.0500. The number of ether oxygens (including phenoxy) is 1. The van der Waals surface area contributed by atoms with Gasteiger partial charge in [-0.15, -0.1) is 0 Å². The van der Waals surface area contributed by atoms with Gasteiger partial charge in [-0.2, -0.15) is 5.10 Å². The van der Waals surface area contributed by atoms with Crippen LogP contribution in [0.15, 0.2) is 39.7 Å². The molecule has 0 saturated carbocycles. The minimum atomic E-state index is 0.0500. The summed E-state index contributed by atoms with van der Waals surface area (Å²) in [6.45, 7) is 3.47. The third-order valence-corrected chi connectivity index (χ3v) is 3.18. The van der Waals surface area contributed by atoms with E-state index in [1.165, 1.54) is 0 Å². The van der Waals surface area contributed by atoms with Crippen molar-refractivity contribution in [2.24, 2.45) is 0 Å². The van der Waals surface area contributed by atoms with Gasteiger partial charge in [0.05, 0.1) is 36.1 Å².